The molecular weight excluding hydrogens is 216 g/mol. The van der Waals surface area contributed by atoms with Gasteiger partial charge in [-0.1, -0.05) is 13.0 Å². The Morgan fingerprint density at radius 1 is 1.29 bits per heavy atom. The summed E-state index contributed by atoms with van der Waals surface area (Å²) in [4.78, 5) is 8.14. The molecule has 0 amide bonds. The fraction of sp³-hybridized carbons (Fsp3) is 0.231. The van der Waals surface area contributed by atoms with Gasteiger partial charge in [-0.05, 0) is 25.5 Å². The van der Waals surface area contributed by atoms with Crippen LogP contribution in [0.5, 0.6) is 17.4 Å². The topological polar surface area (TPSA) is 55.2 Å². The van der Waals surface area contributed by atoms with Gasteiger partial charge >= 0.3 is 0 Å². The van der Waals surface area contributed by atoms with Gasteiger partial charge < -0.3 is 9.84 Å². The molecule has 0 radical (unpaired) electrons. The Kier molecular flexibility index (Phi) is 3.23. The fourth-order valence-electron chi connectivity index (χ4n) is 1.45. The van der Waals surface area contributed by atoms with E-state index < -0.39 is 0 Å². The van der Waals surface area contributed by atoms with E-state index in [1.807, 2.05) is 6.92 Å². The standard InChI is InChI=1S/C13H14N2O2/c1-3-10-7-13(15-8-14-10)17-12-6-4-5-11(16)9(12)2/h4-8,16H,3H2,1-2H3. The maximum Gasteiger partial charge on any atom is 0.222 e. The Balaban J connectivity index is 2.28. The van der Waals surface area contributed by atoms with Crippen LogP contribution in [0.2, 0.25) is 0 Å². The Hall–Kier alpha value is -2.10. The SMILES string of the molecule is CCc1cc(Oc2cccc(O)c2C)ncn1. The molecule has 1 N–H and O–H groups in total. The molecular formula is C13H14N2O2. The van der Waals surface area contributed by atoms with Crippen molar-refractivity contribution in [2.75, 3.05) is 0 Å². The van der Waals surface area contributed by atoms with E-state index in [4.69, 9.17) is 4.74 Å². The number of benzene rings is 1. The van der Waals surface area contributed by atoms with Crippen LogP contribution in [0.25, 0.3) is 0 Å². The third-order valence-electron chi connectivity index (χ3n) is 2.53. The van der Waals surface area contributed by atoms with Crippen molar-refractivity contribution in [3.63, 3.8) is 0 Å². The monoisotopic (exact) mass is 230 g/mol. The zero-order valence-electron chi connectivity index (χ0n) is 9.84. The average Bonchev–Trinajstić information content (AvgIpc) is 2.35. The van der Waals surface area contributed by atoms with Crippen molar-refractivity contribution in [1.29, 1.82) is 0 Å². The van der Waals surface area contributed by atoms with E-state index in [0.29, 0.717) is 17.2 Å². The predicted molar refractivity (Wildman–Crippen MR) is 64.3 cm³/mol. The first-order valence-corrected chi connectivity index (χ1v) is 5.48. The molecule has 0 saturated heterocycles. The number of aryl methyl sites for hydroxylation is 1. The number of rotatable bonds is 3. The minimum Gasteiger partial charge on any atom is -0.508 e. The summed E-state index contributed by atoms with van der Waals surface area (Å²) in [7, 11) is 0. The van der Waals surface area contributed by atoms with Crippen molar-refractivity contribution < 1.29 is 9.84 Å². The first-order valence-electron chi connectivity index (χ1n) is 5.48. The summed E-state index contributed by atoms with van der Waals surface area (Å²) in [6, 6.07) is 6.95. The summed E-state index contributed by atoms with van der Waals surface area (Å²) in [5.41, 5.74) is 1.62. The van der Waals surface area contributed by atoms with E-state index in [9.17, 15) is 5.11 Å². The van der Waals surface area contributed by atoms with Crippen LogP contribution in [0.1, 0.15) is 18.2 Å². The van der Waals surface area contributed by atoms with Gasteiger partial charge in [-0.2, -0.15) is 0 Å². The van der Waals surface area contributed by atoms with Crippen LogP contribution >= 0.6 is 0 Å². The van der Waals surface area contributed by atoms with Gasteiger partial charge in [-0.25, -0.2) is 9.97 Å². The molecule has 2 aromatic rings. The molecule has 0 unspecified atom stereocenters. The van der Waals surface area contributed by atoms with Gasteiger partial charge in [-0.15, -0.1) is 0 Å². The van der Waals surface area contributed by atoms with E-state index in [1.54, 1.807) is 31.2 Å². The highest BCUT2D eigenvalue weighted by Crippen LogP contribution is 2.29. The van der Waals surface area contributed by atoms with Crippen LogP contribution in [0.3, 0.4) is 0 Å². The van der Waals surface area contributed by atoms with Crippen molar-refractivity contribution >= 4 is 0 Å². The second-order valence-corrected chi connectivity index (χ2v) is 3.70. The molecule has 0 bridgehead atoms. The third kappa shape index (κ3) is 2.53. The van der Waals surface area contributed by atoms with Gasteiger partial charge in [0.1, 0.15) is 17.8 Å². The first kappa shape index (κ1) is 11.4. The fourth-order valence-corrected chi connectivity index (χ4v) is 1.45. The maximum absolute atomic E-state index is 9.57. The summed E-state index contributed by atoms with van der Waals surface area (Å²) in [5, 5.41) is 9.57. The molecule has 17 heavy (non-hydrogen) atoms. The van der Waals surface area contributed by atoms with Crippen molar-refractivity contribution in [1.82, 2.24) is 9.97 Å². The highest BCUT2D eigenvalue weighted by molar-refractivity contribution is 5.44. The molecule has 0 atom stereocenters. The lowest BCUT2D eigenvalue weighted by Crippen LogP contribution is -1.94. The second-order valence-electron chi connectivity index (χ2n) is 3.70. The van der Waals surface area contributed by atoms with Crippen LogP contribution in [-0.2, 0) is 6.42 Å². The van der Waals surface area contributed by atoms with Crippen LogP contribution in [-0.4, -0.2) is 15.1 Å². The van der Waals surface area contributed by atoms with Gasteiger partial charge in [-0.3, -0.25) is 0 Å². The highest BCUT2D eigenvalue weighted by Gasteiger charge is 2.06. The van der Waals surface area contributed by atoms with Gasteiger partial charge in [0.2, 0.25) is 5.88 Å². The molecule has 2 rings (SSSR count). The molecule has 0 spiro atoms. The van der Waals surface area contributed by atoms with Gasteiger partial charge in [0.25, 0.3) is 0 Å². The number of ether oxygens (including phenoxy) is 1. The van der Waals surface area contributed by atoms with Crippen LogP contribution in [0, 0.1) is 6.92 Å². The maximum atomic E-state index is 9.57. The lowest BCUT2D eigenvalue weighted by molar-refractivity contribution is 0.437. The Labute approximate surface area is 99.9 Å². The molecule has 0 aliphatic rings. The lowest BCUT2D eigenvalue weighted by atomic mass is 10.2. The molecule has 1 aromatic heterocycles. The van der Waals surface area contributed by atoms with Gasteiger partial charge in [0, 0.05) is 17.3 Å². The molecule has 1 heterocycles. The van der Waals surface area contributed by atoms with E-state index >= 15 is 0 Å². The minimum atomic E-state index is 0.215. The zero-order chi connectivity index (χ0) is 12.3. The lowest BCUT2D eigenvalue weighted by Gasteiger charge is -2.08. The number of nitrogens with zero attached hydrogens (tertiary/aromatic N) is 2. The molecule has 0 saturated carbocycles. The molecule has 0 aliphatic heterocycles. The third-order valence-corrected chi connectivity index (χ3v) is 2.53. The van der Waals surface area contributed by atoms with Crippen molar-refractivity contribution in [2.24, 2.45) is 0 Å². The molecule has 4 nitrogen and oxygen atoms in total. The molecule has 88 valence electrons. The Bertz CT molecular complexity index is 527. The molecule has 4 heteroatoms. The number of phenolic OH excluding ortho intramolecular Hbond substituents is 1. The molecule has 0 aliphatic carbocycles. The number of hydrogen-bond acceptors (Lipinski definition) is 4. The van der Waals surface area contributed by atoms with Crippen LogP contribution in [0.4, 0.5) is 0 Å². The van der Waals surface area contributed by atoms with Gasteiger partial charge in [0.15, 0.2) is 0 Å². The summed E-state index contributed by atoms with van der Waals surface area (Å²) < 4.78 is 5.62. The number of hydrogen-bond donors (Lipinski definition) is 1. The van der Waals surface area contributed by atoms with E-state index in [0.717, 1.165) is 12.1 Å². The van der Waals surface area contributed by atoms with Crippen molar-refractivity contribution in [3.8, 4) is 17.4 Å². The normalized spacial score (nSPS) is 10.2. The van der Waals surface area contributed by atoms with Gasteiger partial charge in [0.05, 0.1) is 0 Å². The van der Waals surface area contributed by atoms with Crippen molar-refractivity contribution in [3.05, 3.63) is 41.9 Å². The largest absolute Gasteiger partial charge is 0.508 e. The predicted octanol–water partition coefficient (Wildman–Crippen LogP) is 2.85. The molecule has 1 aromatic carbocycles. The number of aromatic nitrogens is 2. The van der Waals surface area contributed by atoms with Crippen LogP contribution in [0.15, 0.2) is 30.6 Å². The number of aromatic hydroxyl groups is 1. The zero-order valence-corrected chi connectivity index (χ0v) is 9.84. The smallest absolute Gasteiger partial charge is 0.222 e. The number of phenols is 1. The molecule has 0 fully saturated rings. The summed E-state index contributed by atoms with van der Waals surface area (Å²) in [5.74, 6) is 1.31. The summed E-state index contributed by atoms with van der Waals surface area (Å²) in [6.07, 6.45) is 2.31. The van der Waals surface area contributed by atoms with E-state index in [1.165, 1.54) is 6.33 Å². The highest BCUT2D eigenvalue weighted by atomic mass is 16.5. The van der Waals surface area contributed by atoms with Crippen molar-refractivity contribution in [2.45, 2.75) is 20.3 Å². The Morgan fingerprint density at radius 2 is 2.12 bits per heavy atom. The average molecular weight is 230 g/mol. The van der Waals surface area contributed by atoms with E-state index in [-0.39, 0.29) is 5.75 Å². The first-order chi connectivity index (χ1) is 8.20. The summed E-state index contributed by atoms with van der Waals surface area (Å²) >= 11 is 0. The van der Waals surface area contributed by atoms with E-state index in [2.05, 4.69) is 9.97 Å². The Morgan fingerprint density at radius 3 is 2.88 bits per heavy atom. The second kappa shape index (κ2) is 4.82. The quantitative estimate of drug-likeness (QED) is 0.880. The minimum absolute atomic E-state index is 0.215. The summed E-state index contributed by atoms with van der Waals surface area (Å²) in [6.45, 7) is 3.82. The van der Waals surface area contributed by atoms with Crippen LogP contribution < -0.4 is 4.74 Å².